The predicted molar refractivity (Wildman–Crippen MR) is 74.4 cm³/mol. The Kier molecular flexibility index (Phi) is 3.79. The molecule has 1 unspecified atom stereocenters. The lowest BCUT2D eigenvalue weighted by molar-refractivity contribution is 0.846. The van der Waals surface area contributed by atoms with Crippen LogP contribution in [0.15, 0.2) is 48.5 Å². The van der Waals surface area contributed by atoms with Crippen LogP contribution in [0, 0.1) is 25.2 Å². The summed E-state index contributed by atoms with van der Waals surface area (Å²) in [5.74, 6) is -0.0639. The van der Waals surface area contributed by atoms with E-state index < -0.39 is 0 Å². The van der Waals surface area contributed by atoms with Crippen LogP contribution in [0.4, 0.5) is 0 Å². The number of aryl methyl sites for hydroxylation is 2. The average molecular weight is 235 g/mol. The van der Waals surface area contributed by atoms with Gasteiger partial charge in [-0.2, -0.15) is 5.26 Å². The second-order valence-corrected chi connectivity index (χ2v) is 4.79. The van der Waals surface area contributed by atoms with Crippen LogP contribution in [0.1, 0.15) is 28.2 Å². The molecule has 0 spiro atoms. The van der Waals surface area contributed by atoms with E-state index in [2.05, 4.69) is 50.2 Å². The van der Waals surface area contributed by atoms with Gasteiger partial charge in [0.2, 0.25) is 0 Å². The molecule has 0 aliphatic heterocycles. The van der Waals surface area contributed by atoms with E-state index in [1.54, 1.807) is 0 Å². The maximum Gasteiger partial charge on any atom is 0.0753 e. The highest BCUT2D eigenvalue weighted by Gasteiger charge is 2.12. The van der Waals surface area contributed by atoms with Gasteiger partial charge in [-0.25, -0.2) is 0 Å². The topological polar surface area (TPSA) is 23.8 Å². The maximum atomic E-state index is 9.37. The van der Waals surface area contributed by atoms with E-state index >= 15 is 0 Å². The van der Waals surface area contributed by atoms with Gasteiger partial charge in [-0.15, -0.1) is 0 Å². The van der Waals surface area contributed by atoms with Gasteiger partial charge in [0.1, 0.15) is 0 Å². The lowest BCUT2D eigenvalue weighted by Crippen LogP contribution is -2.01. The molecule has 0 radical (unpaired) electrons. The standard InChI is InChI=1S/C17H17N/c1-13-8-14(2)10-16(9-13)17(12-18)11-15-6-4-3-5-7-15/h3-10,17H,11H2,1-2H3. The van der Waals surface area contributed by atoms with Gasteiger partial charge < -0.3 is 0 Å². The first-order chi connectivity index (χ1) is 8.69. The molecule has 2 aromatic carbocycles. The Balaban J connectivity index is 2.26. The number of nitrogens with zero attached hydrogens (tertiary/aromatic N) is 1. The number of benzene rings is 2. The van der Waals surface area contributed by atoms with Gasteiger partial charge >= 0.3 is 0 Å². The van der Waals surface area contributed by atoms with Crippen LogP contribution in [0.3, 0.4) is 0 Å². The van der Waals surface area contributed by atoms with Crippen molar-refractivity contribution >= 4 is 0 Å². The molecule has 1 nitrogen and oxygen atoms in total. The van der Waals surface area contributed by atoms with E-state index in [4.69, 9.17) is 0 Å². The fourth-order valence-corrected chi connectivity index (χ4v) is 2.30. The van der Waals surface area contributed by atoms with Crippen molar-refractivity contribution in [2.45, 2.75) is 26.2 Å². The zero-order chi connectivity index (χ0) is 13.0. The summed E-state index contributed by atoms with van der Waals surface area (Å²) < 4.78 is 0. The first kappa shape index (κ1) is 12.4. The summed E-state index contributed by atoms with van der Waals surface area (Å²) in [5, 5.41) is 9.37. The third-order valence-electron chi connectivity index (χ3n) is 3.08. The third-order valence-corrected chi connectivity index (χ3v) is 3.08. The molecule has 0 aliphatic rings. The minimum absolute atomic E-state index is 0.0639. The van der Waals surface area contributed by atoms with Crippen LogP contribution in [0.25, 0.3) is 0 Å². The molecule has 0 saturated carbocycles. The van der Waals surface area contributed by atoms with E-state index in [0.29, 0.717) is 0 Å². The van der Waals surface area contributed by atoms with Crippen LogP contribution < -0.4 is 0 Å². The largest absolute Gasteiger partial charge is 0.198 e. The Morgan fingerprint density at radius 3 is 2.17 bits per heavy atom. The summed E-state index contributed by atoms with van der Waals surface area (Å²) in [7, 11) is 0. The monoisotopic (exact) mass is 235 g/mol. The Hall–Kier alpha value is -2.07. The fraction of sp³-hybridized carbons (Fsp3) is 0.235. The third kappa shape index (κ3) is 2.99. The van der Waals surface area contributed by atoms with Crippen molar-refractivity contribution in [3.8, 4) is 6.07 Å². The Bertz CT molecular complexity index is 544. The lowest BCUT2D eigenvalue weighted by Gasteiger charge is -2.11. The van der Waals surface area contributed by atoms with Gasteiger partial charge in [0.25, 0.3) is 0 Å². The van der Waals surface area contributed by atoms with Gasteiger partial charge in [-0.1, -0.05) is 59.7 Å². The maximum absolute atomic E-state index is 9.37. The van der Waals surface area contributed by atoms with Gasteiger partial charge in [0, 0.05) is 0 Å². The summed E-state index contributed by atoms with van der Waals surface area (Å²) in [5.41, 5.74) is 4.78. The van der Waals surface area contributed by atoms with Crippen molar-refractivity contribution < 1.29 is 0 Å². The summed E-state index contributed by atoms with van der Waals surface area (Å²) in [6.45, 7) is 4.15. The summed E-state index contributed by atoms with van der Waals surface area (Å²) in [6, 6.07) is 19.0. The molecule has 0 bridgehead atoms. The van der Waals surface area contributed by atoms with Crippen LogP contribution in [0.5, 0.6) is 0 Å². The van der Waals surface area contributed by atoms with E-state index in [1.165, 1.54) is 16.7 Å². The van der Waals surface area contributed by atoms with E-state index in [0.717, 1.165) is 12.0 Å². The molecule has 90 valence electrons. The van der Waals surface area contributed by atoms with Gasteiger partial charge in [0.05, 0.1) is 12.0 Å². The van der Waals surface area contributed by atoms with Crippen LogP contribution in [0.2, 0.25) is 0 Å². The highest BCUT2D eigenvalue weighted by molar-refractivity contribution is 5.35. The smallest absolute Gasteiger partial charge is 0.0753 e. The van der Waals surface area contributed by atoms with Crippen molar-refractivity contribution in [2.24, 2.45) is 0 Å². The van der Waals surface area contributed by atoms with Gasteiger partial charge in [-0.3, -0.25) is 0 Å². The van der Waals surface area contributed by atoms with Gasteiger partial charge in [0.15, 0.2) is 0 Å². The lowest BCUT2D eigenvalue weighted by atomic mass is 9.91. The fourth-order valence-electron chi connectivity index (χ4n) is 2.30. The first-order valence-corrected chi connectivity index (χ1v) is 6.21. The zero-order valence-corrected chi connectivity index (χ0v) is 10.9. The van der Waals surface area contributed by atoms with Crippen LogP contribution in [-0.4, -0.2) is 0 Å². The summed E-state index contributed by atoms with van der Waals surface area (Å²) >= 11 is 0. The minimum atomic E-state index is -0.0639. The normalized spacial score (nSPS) is 11.8. The van der Waals surface area contributed by atoms with Crippen molar-refractivity contribution in [1.29, 1.82) is 5.26 Å². The van der Waals surface area contributed by atoms with E-state index in [1.807, 2.05) is 18.2 Å². The van der Waals surface area contributed by atoms with E-state index in [-0.39, 0.29) is 5.92 Å². The molecule has 0 heterocycles. The van der Waals surface area contributed by atoms with E-state index in [9.17, 15) is 5.26 Å². The van der Waals surface area contributed by atoms with Crippen molar-refractivity contribution in [1.82, 2.24) is 0 Å². The quantitative estimate of drug-likeness (QED) is 0.784. The Morgan fingerprint density at radius 2 is 1.61 bits per heavy atom. The molecule has 0 saturated heterocycles. The molecule has 18 heavy (non-hydrogen) atoms. The average Bonchev–Trinajstić information content (AvgIpc) is 2.36. The molecule has 0 aliphatic carbocycles. The van der Waals surface area contributed by atoms with Crippen LogP contribution >= 0.6 is 0 Å². The second kappa shape index (κ2) is 5.51. The zero-order valence-electron chi connectivity index (χ0n) is 10.9. The second-order valence-electron chi connectivity index (χ2n) is 4.79. The Morgan fingerprint density at radius 1 is 1.00 bits per heavy atom. The number of rotatable bonds is 3. The number of hydrogen-bond donors (Lipinski definition) is 0. The molecule has 1 atom stereocenters. The van der Waals surface area contributed by atoms with Gasteiger partial charge in [-0.05, 0) is 31.4 Å². The number of hydrogen-bond acceptors (Lipinski definition) is 1. The number of nitriles is 1. The molecule has 2 rings (SSSR count). The first-order valence-electron chi connectivity index (χ1n) is 6.21. The summed E-state index contributed by atoms with van der Waals surface area (Å²) in [6.07, 6.45) is 0.778. The molecule has 0 fully saturated rings. The molecular formula is C17H17N. The highest BCUT2D eigenvalue weighted by Crippen LogP contribution is 2.22. The van der Waals surface area contributed by atoms with Crippen molar-refractivity contribution in [2.75, 3.05) is 0 Å². The molecule has 2 aromatic rings. The summed E-state index contributed by atoms with van der Waals surface area (Å²) in [4.78, 5) is 0. The van der Waals surface area contributed by atoms with Crippen molar-refractivity contribution in [3.05, 3.63) is 70.8 Å². The SMILES string of the molecule is Cc1cc(C)cc(C(C#N)Cc2ccccc2)c1. The predicted octanol–water partition coefficient (Wildman–Crippen LogP) is 4.15. The minimum Gasteiger partial charge on any atom is -0.198 e. The highest BCUT2D eigenvalue weighted by atomic mass is 14.3. The molecular weight excluding hydrogens is 218 g/mol. The molecule has 0 aromatic heterocycles. The molecule has 0 amide bonds. The Labute approximate surface area is 109 Å². The van der Waals surface area contributed by atoms with Crippen LogP contribution in [-0.2, 0) is 6.42 Å². The molecule has 0 N–H and O–H groups in total. The molecule has 1 heteroatoms. The van der Waals surface area contributed by atoms with Crippen molar-refractivity contribution in [3.63, 3.8) is 0 Å².